The first kappa shape index (κ1) is 23.2. The molecule has 0 fully saturated rings. The van der Waals surface area contributed by atoms with Gasteiger partial charge in [-0.3, -0.25) is 4.79 Å². The van der Waals surface area contributed by atoms with E-state index in [9.17, 15) is 4.79 Å². The molecule has 2 aromatic carbocycles. The molecule has 4 rings (SSSR count). The number of carbonyl (C=O) groups excluding carboxylic acids is 1. The Kier molecular flexibility index (Phi) is 7.27. The normalized spacial score (nSPS) is 10.8. The molecular weight excluding hydrogens is 476 g/mol. The molecule has 0 aliphatic heterocycles. The minimum Gasteiger partial charge on any atom is -0.497 e. The Morgan fingerprint density at radius 3 is 2.70 bits per heavy atom. The van der Waals surface area contributed by atoms with Crippen molar-refractivity contribution < 1.29 is 9.53 Å². The minimum atomic E-state index is -0.132. The summed E-state index contributed by atoms with van der Waals surface area (Å²) >= 11 is 9.00. The van der Waals surface area contributed by atoms with E-state index in [-0.39, 0.29) is 11.7 Å². The van der Waals surface area contributed by atoms with E-state index in [4.69, 9.17) is 21.3 Å². The molecule has 6 nitrogen and oxygen atoms in total. The number of nitrogens with one attached hydrogen (secondary N) is 1. The van der Waals surface area contributed by atoms with Crippen molar-refractivity contribution in [1.29, 1.82) is 0 Å². The first-order valence-electron chi connectivity index (χ1n) is 10.1. The van der Waals surface area contributed by atoms with Gasteiger partial charge in [-0.2, -0.15) is 0 Å². The number of hydrogen-bond donors (Lipinski definition) is 1. The third-order valence-electron chi connectivity index (χ3n) is 4.79. The molecule has 1 amide bonds. The van der Waals surface area contributed by atoms with Crippen molar-refractivity contribution in [1.82, 2.24) is 15.2 Å². The Balaban J connectivity index is 1.40. The Labute approximate surface area is 205 Å². The van der Waals surface area contributed by atoms with Crippen molar-refractivity contribution in [2.45, 2.75) is 18.9 Å². The van der Waals surface area contributed by atoms with Crippen LogP contribution in [-0.4, -0.2) is 34.0 Å². The summed E-state index contributed by atoms with van der Waals surface area (Å²) in [6.07, 6.45) is 0. The van der Waals surface area contributed by atoms with Gasteiger partial charge >= 0.3 is 0 Å². The highest BCUT2D eigenvalue weighted by Crippen LogP contribution is 2.35. The molecule has 0 radical (unpaired) electrons. The lowest BCUT2D eigenvalue weighted by Crippen LogP contribution is -2.14. The molecule has 168 valence electrons. The second-order valence-corrected chi connectivity index (χ2v) is 9.63. The average Bonchev–Trinajstić information content (AvgIpc) is 3.22. The number of ether oxygens (including phenoxy) is 1. The van der Waals surface area contributed by atoms with Crippen LogP contribution in [0.15, 0.2) is 59.6 Å². The highest BCUT2D eigenvalue weighted by Gasteiger charge is 2.14. The van der Waals surface area contributed by atoms with E-state index >= 15 is 0 Å². The summed E-state index contributed by atoms with van der Waals surface area (Å²) in [6.45, 7) is 3.88. The number of thioether (sulfide) groups is 1. The number of hydrogen-bond acceptors (Lipinski definition) is 7. The van der Waals surface area contributed by atoms with Crippen LogP contribution in [0.2, 0.25) is 5.02 Å². The first-order valence-corrected chi connectivity index (χ1v) is 12.3. The van der Waals surface area contributed by atoms with E-state index in [0.29, 0.717) is 15.7 Å². The second-order valence-electron chi connectivity index (χ2n) is 7.22. The molecule has 2 heterocycles. The summed E-state index contributed by atoms with van der Waals surface area (Å²) < 4.78 is 5.31. The number of aryl methyl sites for hydroxylation is 2. The van der Waals surface area contributed by atoms with Crippen LogP contribution in [0.4, 0.5) is 5.69 Å². The summed E-state index contributed by atoms with van der Waals surface area (Å²) in [5, 5.41) is 13.7. The van der Waals surface area contributed by atoms with Crippen molar-refractivity contribution >= 4 is 46.3 Å². The maximum Gasteiger partial charge on any atom is 0.234 e. The SMILES string of the molecule is COc1cccc(-c2nc(C)c(-c3ccc(SCC(=O)Nc4ccc(C)c(Cl)c4)nn3)s2)c1. The molecule has 33 heavy (non-hydrogen) atoms. The number of rotatable bonds is 7. The molecular formula is C24H21ClN4O2S2. The Morgan fingerprint density at radius 1 is 1.12 bits per heavy atom. The van der Waals surface area contributed by atoms with E-state index < -0.39 is 0 Å². The quantitative estimate of drug-likeness (QED) is 0.303. The van der Waals surface area contributed by atoms with E-state index in [1.807, 2.05) is 62.4 Å². The summed E-state index contributed by atoms with van der Waals surface area (Å²) in [5.74, 6) is 0.878. The fourth-order valence-electron chi connectivity index (χ4n) is 3.04. The fraction of sp³-hybridized carbons (Fsp3) is 0.167. The Hall–Kier alpha value is -2.94. The smallest absolute Gasteiger partial charge is 0.234 e. The van der Waals surface area contributed by atoms with Crippen molar-refractivity contribution in [3.63, 3.8) is 0 Å². The molecule has 0 atom stereocenters. The minimum absolute atomic E-state index is 0.132. The van der Waals surface area contributed by atoms with Gasteiger partial charge in [0.1, 0.15) is 21.5 Å². The van der Waals surface area contributed by atoms with Gasteiger partial charge in [0, 0.05) is 16.3 Å². The number of aromatic nitrogens is 3. The van der Waals surface area contributed by atoms with Crippen molar-refractivity contribution in [3.05, 3.63) is 70.9 Å². The number of nitrogens with zero attached hydrogens (tertiary/aromatic N) is 3. The summed E-state index contributed by atoms with van der Waals surface area (Å²) in [5.41, 5.74) is 4.27. The van der Waals surface area contributed by atoms with Crippen LogP contribution in [0.1, 0.15) is 11.3 Å². The van der Waals surface area contributed by atoms with Crippen LogP contribution >= 0.6 is 34.7 Å². The zero-order valence-corrected chi connectivity index (χ0v) is 20.6. The monoisotopic (exact) mass is 496 g/mol. The number of carbonyl (C=O) groups is 1. The molecule has 9 heteroatoms. The molecule has 0 aliphatic carbocycles. The van der Waals surface area contributed by atoms with Crippen LogP contribution in [0, 0.1) is 13.8 Å². The van der Waals surface area contributed by atoms with Gasteiger partial charge in [0.15, 0.2) is 0 Å². The molecule has 0 aliphatic rings. The predicted molar refractivity (Wildman–Crippen MR) is 135 cm³/mol. The highest BCUT2D eigenvalue weighted by atomic mass is 35.5. The number of thiazole rings is 1. The van der Waals surface area contributed by atoms with Gasteiger partial charge < -0.3 is 10.1 Å². The number of methoxy groups -OCH3 is 1. The molecule has 4 aromatic rings. The molecule has 0 saturated carbocycles. The maximum absolute atomic E-state index is 12.3. The number of anilines is 1. The summed E-state index contributed by atoms with van der Waals surface area (Å²) in [7, 11) is 1.65. The average molecular weight is 497 g/mol. The van der Waals surface area contributed by atoms with Gasteiger partial charge in [-0.05, 0) is 55.8 Å². The third kappa shape index (κ3) is 5.71. The van der Waals surface area contributed by atoms with Crippen molar-refractivity contribution in [2.75, 3.05) is 18.2 Å². The summed E-state index contributed by atoms with van der Waals surface area (Å²) in [4.78, 5) is 17.9. The molecule has 0 saturated heterocycles. The molecule has 1 N–H and O–H groups in total. The zero-order chi connectivity index (χ0) is 23.4. The molecule has 0 spiro atoms. The lowest BCUT2D eigenvalue weighted by molar-refractivity contribution is -0.113. The summed E-state index contributed by atoms with van der Waals surface area (Å²) in [6, 6.07) is 17.0. The van der Waals surface area contributed by atoms with Crippen LogP contribution in [0.5, 0.6) is 5.75 Å². The molecule has 2 aromatic heterocycles. The number of halogens is 1. The number of amides is 1. The predicted octanol–water partition coefficient (Wildman–Crippen LogP) is 6.28. The van der Waals surface area contributed by atoms with Crippen LogP contribution in [0.25, 0.3) is 21.1 Å². The first-order chi connectivity index (χ1) is 15.9. The van der Waals surface area contributed by atoms with E-state index in [0.717, 1.165) is 38.1 Å². The van der Waals surface area contributed by atoms with Crippen molar-refractivity contribution in [2.24, 2.45) is 0 Å². The maximum atomic E-state index is 12.3. The van der Waals surface area contributed by atoms with Crippen LogP contribution in [0.3, 0.4) is 0 Å². The largest absolute Gasteiger partial charge is 0.497 e. The van der Waals surface area contributed by atoms with Gasteiger partial charge in [0.25, 0.3) is 0 Å². The third-order valence-corrected chi connectivity index (χ3v) is 7.35. The van der Waals surface area contributed by atoms with Gasteiger partial charge in [-0.15, -0.1) is 21.5 Å². The Bertz CT molecular complexity index is 1290. The van der Waals surface area contributed by atoms with E-state index in [1.54, 1.807) is 24.5 Å². The van der Waals surface area contributed by atoms with Crippen molar-refractivity contribution in [3.8, 4) is 26.9 Å². The van der Waals surface area contributed by atoms with Gasteiger partial charge in [0.2, 0.25) is 5.91 Å². The van der Waals surface area contributed by atoms with E-state index in [1.165, 1.54) is 11.8 Å². The topological polar surface area (TPSA) is 77.0 Å². The van der Waals surface area contributed by atoms with Crippen LogP contribution < -0.4 is 10.1 Å². The molecule has 0 bridgehead atoms. The standard InChI is InChI=1S/C24H21ClN4O2S2/c1-14-7-8-17(12-19(14)25)27-21(30)13-32-22-10-9-20(28-29-22)23-15(2)26-24(33-23)16-5-4-6-18(11-16)31-3/h4-12H,13H2,1-3H3,(H,27,30). The lowest BCUT2D eigenvalue weighted by Gasteiger charge is -2.06. The fourth-order valence-corrected chi connectivity index (χ4v) is 4.86. The Morgan fingerprint density at radius 2 is 1.97 bits per heavy atom. The van der Waals surface area contributed by atoms with Crippen LogP contribution in [-0.2, 0) is 4.79 Å². The second kappa shape index (κ2) is 10.3. The number of benzene rings is 2. The van der Waals surface area contributed by atoms with Gasteiger partial charge in [-0.25, -0.2) is 4.98 Å². The lowest BCUT2D eigenvalue weighted by atomic mass is 10.2. The van der Waals surface area contributed by atoms with E-state index in [2.05, 4.69) is 15.5 Å². The van der Waals surface area contributed by atoms with Gasteiger partial charge in [-0.1, -0.05) is 41.6 Å². The molecule has 0 unspecified atom stereocenters. The highest BCUT2D eigenvalue weighted by molar-refractivity contribution is 7.99. The zero-order valence-electron chi connectivity index (χ0n) is 18.3. The van der Waals surface area contributed by atoms with Gasteiger partial charge in [0.05, 0.1) is 23.4 Å².